The highest BCUT2D eigenvalue weighted by molar-refractivity contribution is 14.1. The molecule has 3 rings (SSSR count). The van der Waals surface area contributed by atoms with Crippen LogP contribution in [-0.2, 0) is 9.53 Å². The number of benzene rings is 2. The second-order valence-electron chi connectivity index (χ2n) is 6.12. The first-order chi connectivity index (χ1) is 12.4. The molecular weight excluding hydrogens is 556 g/mol. The molecule has 0 spiro atoms. The standard InChI is InChI=1S/C20H17I2NO3/c1-11(2)12-4-6-13(7-5-12)19-23-17(20(24)26-19)9-14-8-15(21)10-16(22)18(14)25-3/h4-11H,1-3H3/b17-9-. The van der Waals surface area contributed by atoms with E-state index in [2.05, 4.69) is 64.0 Å². The molecule has 1 aliphatic rings. The predicted octanol–water partition coefficient (Wildman–Crippen LogP) is 5.37. The first kappa shape index (κ1) is 19.3. The largest absolute Gasteiger partial charge is 0.495 e. The maximum Gasteiger partial charge on any atom is 0.363 e. The van der Waals surface area contributed by atoms with Crippen molar-refractivity contribution in [3.63, 3.8) is 0 Å². The number of hydrogen-bond acceptors (Lipinski definition) is 4. The third kappa shape index (κ3) is 4.11. The van der Waals surface area contributed by atoms with Crippen LogP contribution in [0, 0.1) is 7.14 Å². The first-order valence-electron chi connectivity index (χ1n) is 8.05. The molecule has 4 nitrogen and oxygen atoms in total. The Kier molecular flexibility index (Phi) is 6.01. The summed E-state index contributed by atoms with van der Waals surface area (Å²) in [5.74, 6) is 1.04. The summed E-state index contributed by atoms with van der Waals surface area (Å²) >= 11 is 4.45. The van der Waals surface area contributed by atoms with Gasteiger partial charge in [0.05, 0.1) is 10.7 Å². The molecule has 0 unspecified atom stereocenters. The third-order valence-electron chi connectivity index (χ3n) is 3.98. The van der Waals surface area contributed by atoms with Gasteiger partial charge in [0, 0.05) is 14.7 Å². The summed E-state index contributed by atoms with van der Waals surface area (Å²) < 4.78 is 12.9. The molecule has 0 saturated heterocycles. The van der Waals surface area contributed by atoms with Crippen molar-refractivity contribution in [3.8, 4) is 5.75 Å². The van der Waals surface area contributed by atoms with Crippen molar-refractivity contribution >= 4 is 63.1 Å². The molecule has 6 heteroatoms. The summed E-state index contributed by atoms with van der Waals surface area (Å²) in [7, 11) is 1.62. The minimum atomic E-state index is -0.455. The maximum atomic E-state index is 12.3. The van der Waals surface area contributed by atoms with Gasteiger partial charge in [-0.15, -0.1) is 0 Å². The molecule has 0 N–H and O–H groups in total. The molecule has 1 aliphatic heterocycles. The van der Waals surface area contributed by atoms with E-state index < -0.39 is 5.97 Å². The number of esters is 1. The highest BCUT2D eigenvalue weighted by Gasteiger charge is 2.25. The Morgan fingerprint density at radius 2 is 1.85 bits per heavy atom. The Morgan fingerprint density at radius 1 is 1.15 bits per heavy atom. The molecule has 0 saturated carbocycles. The summed E-state index contributed by atoms with van der Waals surface area (Å²) in [6.07, 6.45) is 1.71. The molecule has 0 bridgehead atoms. The zero-order valence-electron chi connectivity index (χ0n) is 14.5. The Morgan fingerprint density at radius 3 is 2.46 bits per heavy atom. The molecular formula is C20H17I2NO3. The summed E-state index contributed by atoms with van der Waals surface area (Å²) in [5, 5.41) is 0. The number of ether oxygens (including phenoxy) is 2. The maximum absolute atomic E-state index is 12.3. The van der Waals surface area contributed by atoms with Crippen LogP contribution in [-0.4, -0.2) is 19.0 Å². The van der Waals surface area contributed by atoms with Gasteiger partial charge in [0.1, 0.15) is 5.75 Å². The zero-order valence-corrected chi connectivity index (χ0v) is 18.9. The lowest BCUT2D eigenvalue weighted by molar-refractivity contribution is -0.129. The van der Waals surface area contributed by atoms with Gasteiger partial charge < -0.3 is 9.47 Å². The van der Waals surface area contributed by atoms with Crippen LogP contribution in [0.3, 0.4) is 0 Å². The number of hydrogen-bond donors (Lipinski definition) is 0. The van der Waals surface area contributed by atoms with E-state index in [9.17, 15) is 4.79 Å². The van der Waals surface area contributed by atoms with Gasteiger partial charge in [0.15, 0.2) is 5.70 Å². The summed E-state index contributed by atoms with van der Waals surface area (Å²) in [6, 6.07) is 11.9. The number of halogens is 2. The van der Waals surface area contributed by atoms with Gasteiger partial charge >= 0.3 is 5.97 Å². The smallest absolute Gasteiger partial charge is 0.363 e. The fraction of sp³-hybridized carbons (Fsp3) is 0.200. The molecule has 0 amide bonds. The number of carbonyl (C=O) groups excluding carboxylic acids is 1. The monoisotopic (exact) mass is 573 g/mol. The van der Waals surface area contributed by atoms with Crippen LogP contribution in [0.4, 0.5) is 0 Å². The molecule has 26 heavy (non-hydrogen) atoms. The normalized spacial score (nSPS) is 15.4. The lowest BCUT2D eigenvalue weighted by Gasteiger charge is -2.08. The van der Waals surface area contributed by atoms with E-state index in [1.54, 1.807) is 13.2 Å². The van der Waals surface area contributed by atoms with Crippen LogP contribution < -0.4 is 4.74 Å². The third-order valence-corrected chi connectivity index (χ3v) is 5.40. The molecule has 0 aliphatic carbocycles. The number of rotatable bonds is 4. The van der Waals surface area contributed by atoms with E-state index in [1.807, 2.05) is 36.4 Å². The average molecular weight is 573 g/mol. The van der Waals surface area contributed by atoms with Crippen LogP contribution in [0.15, 0.2) is 47.1 Å². The van der Waals surface area contributed by atoms with Crippen molar-refractivity contribution in [2.75, 3.05) is 7.11 Å². The van der Waals surface area contributed by atoms with Gasteiger partial charge in [-0.25, -0.2) is 9.79 Å². The van der Waals surface area contributed by atoms with Gasteiger partial charge in [-0.3, -0.25) is 0 Å². The molecule has 134 valence electrons. The minimum Gasteiger partial charge on any atom is -0.495 e. The van der Waals surface area contributed by atoms with Gasteiger partial charge in [-0.1, -0.05) is 26.0 Å². The predicted molar refractivity (Wildman–Crippen MR) is 120 cm³/mol. The van der Waals surface area contributed by atoms with Crippen LogP contribution in [0.5, 0.6) is 5.75 Å². The molecule has 0 aromatic heterocycles. The lowest BCUT2D eigenvalue weighted by atomic mass is 10.0. The van der Waals surface area contributed by atoms with E-state index in [-0.39, 0.29) is 5.70 Å². The van der Waals surface area contributed by atoms with Gasteiger partial charge in [0.25, 0.3) is 0 Å². The van der Waals surface area contributed by atoms with E-state index >= 15 is 0 Å². The number of nitrogens with zero attached hydrogens (tertiary/aromatic N) is 1. The number of cyclic esters (lactones) is 1. The number of aliphatic imine (C=N–C) groups is 1. The SMILES string of the molecule is COc1c(I)cc(I)cc1/C=C1\N=C(c2ccc(C(C)C)cc2)OC1=O. The minimum absolute atomic E-state index is 0.268. The highest BCUT2D eigenvalue weighted by atomic mass is 127. The van der Waals surface area contributed by atoms with Crippen molar-refractivity contribution in [1.29, 1.82) is 0 Å². The van der Waals surface area contributed by atoms with Gasteiger partial charge in [0.2, 0.25) is 5.90 Å². The van der Waals surface area contributed by atoms with E-state index in [0.29, 0.717) is 11.8 Å². The topological polar surface area (TPSA) is 47.9 Å². The quantitative estimate of drug-likeness (QED) is 0.281. The summed E-state index contributed by atoms with van der Waals surface area (Å²) in [5.41, 5.74) is 3.09. The second-order valence-corrected chi connectivity index (χ2v) is 8.53. The molecule has 2 aromatic rings. The van der Waals surface area contributed by atoms with Crippen LogP contribution in [0.1, 0.15) is 36.5 Å². The Labute approximate surface area is 180 Å². The second kappa shape index (κ2) is 8.08. The van der Waals surface area contributed by atoms with Crippen molar-refractivity contribution in [1.82, 2.24) is 0 Å². The van der Waals surface area contributed by atoms with E-state index in [0.717, 1.165) is 24.0 Å². The van der Waals surface area contributed by atoms with E-state index in [4.69, 9.17) is 9.47 Å². The fourth-order valence-corrected chi connectivity index (χ4v) is 4.70. The Hall–Kier alpha value is -1.42. The molecule has 1 heterocycles. The lowest BCUT2D eigenvalue weighted by Crippen LogP contribution is -2.05. The van der Waals surface area contributed by atoms with Crippen molar-refractivity contribution < 1.29 is 14.3 Å². The molecule has 0 radical (unpaired) electrons. The van der Waals surface area contributed by atoms with Crippen molar-refractivity contribution in [2.45, 2.75) is 19.8 Å². The molecule has 2 aromatic carbocycles. The molecule has 0 atom stereocenters. The van der Waals surface area contributed by atoms with Gasteiger partial charge in [-0.2, -0.15) is 0 Å². The Balaban J connectivity index is 1.97. The number of carbonyl (C=O) groups is 1. The summed E-state index contributed by atoms with van der Waals surface area (Å²) in [4.78, 5) is 16.6. The summed E-state index contributed by atoms with van der Waals surface area (Å²) in [6.45, 7) is 4.28. The van der Waals surface area contributed by atoms with E-state index in [1.165, 1.54) is 5.56 Å². The van der Waals surface area contributed by atoms with Crippen molar-refractivity contribution in [3.05, 3.63) is 65.9 Å². The molecule has 0 fully saturated rings. The number of methoxy groups -OCH3 is 1. The highest BCUT2D eigenvalue weighted by Crippen LogP contribution is 2.31. The fourth-order valence-electron chi connectivity index (χ4n) is 2.59. The van der Waals surface area contributed by atoms with Crippen LogP contribution in [0.2, 0.25) is 0 Å². The van der Waals surface area contributed by atoms with Crippen molar-refractivity contribution in [2.24, 2.45) is 4.99 Å². The van der Waals surface area contributed by atoms with Crippen LogP contribution >= 0.6 is 45.2 Å². The average Bonchev–Trinajstić information content (AvgIpc) is 2.95. The zero-order chi connectivity index (χ0) is 18.8. The van der Waals surface area contributed by atoms with Crippen LogP contribution in [0.25, 0.3) is 6.08 Å². The first-order valence-corrected chi connectivity index (χ1v) is 10.2. The van der Waals surface area contributed by atoms with Gasteiger partial charge in [-0.05, 0) is 87.0 Å². The Bertz CT molecular complexity index is 915.